The summed E-state index contributed by atoms with van der Waals surface area (Å²) < 4.78 is 12.7. The number of hydrogen-bond donors (Lipinski definition) is 1. The van der Waals surface area contributed by atoms with E-state index in [1.165, 1.54) is 37.3 Å². The van der Waals surface area contributed by atoms with Crippen molar-refractivity contribution in [2.45, 2.75) is 20.8 Å². The zero-order valence-electron chi connectivity index (χ0n) is 9.25. The van der Waals surface area contributed by atoms with Crippen LogP contribution in [-0.4, -0.2) is 5.78 Å². The lowest BCUT2D eigenvalue weighted by molar-refractivity contribution is -0.112. The summed E-state index contributed by atoms with van der Waals surface area (Å²) in [4.78, 5) is 10.6. The molecule has 0 aliphatic carbocycles. The first-order valence-electron chi connectivity index (χ1n) is 4.83. The van der Waals surface area contributed by atoms with Crippen LogP contribution in [0.3, 0.4) is 0 Å². The second-order valence-electron chi connectivity index (χ2n) is 2.72. The molecule has 3 heteroatoms. The number of carbonyl (C=O) groups excluding carboxylic acids is 1. The molecule has 2 N–H and O–H groups in total. The minimum absolute atomic E-state index is 0.0938. The zero-order chi connectivity index (χ0) is 11.8. The molecule has 0 unspecified atom stereocenters. The molecule has 0 aliphatic heterocycles. The van der Waals surface area contributed by atoms with Gasteiger partial charge in [0.05, 0.1) is 0 Å². The van der Waals surface area contributed by atoms with Crippen LogP contribution in [0.25, 0.3) is 6.08 Å². The molecular weight excluding hydrogens is 193 g/mol. The van der Waals surface area contributed by atoms with E-state index in [0.717, 1.165) is 0 Å². The number of ketones is 1. The summed E-state index contributed by atoms with van der Waals surface area (Å²) in [7, 11) is 0. The van der Waals surface area contributed by atoms with E-state index in [-0.39, 0.29) is 11.6 Å². The smallest absolute Gasteiger partial charge is 0.152 e. The van der Waals surface area contributed by atoms with Gasteiger partial charge in [0.25, 0.3) is 0 Å². The van der Waals surface area contributed by atoms with Crippen molar-refractivity contribution in [2.24, 2.45) is 0 Å². The number of hydrogen-bond acceptors (Lipinski definition) is 2. The van der Waals surface area contributed by atoms with Gasteiger partial charge in [0, 0.05) is 11.3 Å². The van der Waals surface area contributed by atoms with Crippen LogP contribution in [0, 0.1) is 5.82 Å². The van der Waals surface area contributed by atoms with Crippen molar-refractivity contribution >= 4 is 17.5 Å². The first-order chi connectivity index (χ1) is 7.09. The van der Waals surface area contributed by atoms with Gasteiger partial charge < -0.3 is 5.73 Å². The number of anilines is 1. The first-order valence-corrected chi connectivity index (χ1v) is 4.83. The van der Waals surface area contributed by atoms with Gasteiger partial charge in [-0.2, -0.15) is 0 Å². The minimum Gasteiger partial charge on any atom is -0.398 e. The SMILES string of the molecule is CC.CC(=O)/C=C/c1cc(F)ccc1N. The molecule has 1 rings (SSSR count). The number of halogens is 1. The van der Waals surface area contributed by atoms with Gasteiger partial charge in [0.2, 0.25) is 0 Å². The molecule has 15 heavy (non-hydrogen) atoms. The molecule has 0 saturated heterocycles. The molecule has 2 nitrogen and oxygen atoms in total. The molecule has 0 aromatic heterocycles. The van der Waals surface area contributed by atoms with Crippen molar-refractivity contribution in [1.82, 2.24) is 0 Å². The van der Waals surface area contributed by atoms with Crippen LogP contribution in [0.2, 0.25) is 0 Å². The van der Waals surface area contributed by atoms with Crippen LogP contribution in [0.5, 0.6) is 0 Å². The second-order valence-corrected chi connectivity index (χ2v) is 2.72. The minimum atomic E-state index is -0.364. The highest BCUT2D eigenvalue weighted by molar-refractivity contribution is 5.92. The van der Waals surface area contributed by atoms with Gasteiger partial charge in [-0.25, -0.2) is 4.39 Å². The Hall–Kier alpha value is -1.64. The molecule has 1 aromatic rings. The van der Waals surface area contributed by atoms with Crippen molar-refractivity contribution in [1.29, 1.82) is 0 Å². The third kappa shape index (κ3) is 4.96. The second kappa shape index (κ2) is 6.76. The molecule has 0 aliphatic rings. The van der Waals surface area contributed by atoms with E-state index < -0.39 is 0 Å². The van der Waals surface area contributed by atoms with Gasteiger partial charge in [-0.1, -0.05) is 13.8 Å². The van der Waals surface area contributed by atoms with Crippen molar-refractivity contribution in [3.05, 3.63) is 35.7 Å². The van der Waals surface area contributed by atoms with Crippen LogP contribution in [0.1, 0.15) is 26.3 Å². The topological polar surface area (TPSA) is 43.1 Å². The summed E-state index contributed by atoms with van der Waals surface area (Å²) in [6.45, 7) is 5.42. The van der Waals surface area contributed by atoms with Crippen LogP contribution in [0.4, 0.5) is 10.1 Å². The number of allylic oxidation sites excluding steroid dienone is 1. The van der Waals surface area contributed by atoms with Crippen LogP contribution in [-0.2, 0) is 4.79 Å². The van der Waals surface area contributed by atoms with E-state index in [1.54, 1.807) is 0 Å². The fourth-order valence-electron chi connectivity index (χ4n) is 0.897. The quantitative estimate of drug-likeness (QED) is 0.601. The largest absolute Gasteiger partial charge is 0.398 e. The monoisotopic (exact) mass is 209 g/mol. The lowest BCUT2D eigenvalue weighted by Gasteiger charge is -1.98. The van der Waals surface area contributed by atoms with Gasteiger partial charge in [-0.3, -0.25) is 4.79 Å². The molecule has 0 amide bonds. The Morgan fingerprint density at radius 2 is 2.00 bits per heavy atom. The Bertz CT molecular complexity index is 359. The maximum Gasteiger partial charge on any atom is 0.152 e. The molecule has 0 bridgehead atoms. The average Bonchev–Trinajstić information content (AvgIpc) is 2.22. The fraction of sp³-hybridized carbons (Fsp3) is 0.250. The Morgan fingerprint density at radius 3 is 2.53 bits per heavy atom. The van der Waals surface area contributed by atoms with E-state index in [1.807, 2.05) is 13.8 Å². The third-order valence-electron chi connectivity index (χ3n) is 1.55. The number of rotatable bonds is 2. The third-order valence-corrected chi connectivity index (χ3v) is 1.55. The lowest BCUT2D eigenvalue weighted by atomic mass is 10.1. The zero-order valence-corrected chi connectivity index (χ0v) is 9.25. The highest BCUT2D eigenvalue weighted by Gasteiger charge is 1.96. The van der Waals surface area contributed by atoms with Crippen molar-refractivity contribution in [2.75, 3.05) is 5.73 Å². The summed E-state index contributed by atoms with van der Waals surface area (Å²) in [6.07, 6.45) is 2.85. The number of nitrogen functional groups attached to an aromatic ring is 1. The van der Waals surface area contributed by atoms with Crippen LogP contribution >= 0.6 is 0 Å². The highest BCUT2D eigenvalue weighted by Crippen LogP contribution is 2.14. The van der Waals surface area contributed by atoms with E-state index >= 15 is 0 Å². The van der Waals surface area contributed by atoms with Gasteiger partial charge in [0.15, 0.2) is 5.78 Å². The van der Waals surface area contributed by atoms with E-state index in [2.05, 4.69) is 0 Å². The maximum absolute atomic E-state index is 12.7. The summed E-state index contributed by atoms with van der Waals surface area (Å²) >= 11 is 0. The Kier molecular flexibility index (Phi) is 6.02. The Balaban J connectivity index is 0.000000921. The van der Waals surface area contributed by atoms with E-state index in [0.29, 0.717) is 11.3 Å². The Morgan fingerprint density at radius 1 is 1.40 bits per heavy atom. The summed E-state index contributed by atoms with van der Waals surface area (Å²) in [6, 6.07) is 4.03. The molecule has 0 radical (unpaired) electrons. The summed E-state index contributed by atoms with van der Waals surface area (Å²) in [5, 5.41) is 0. The van der Waals surface area contributed by atoms with Crippen molar-refractivity contribution in [3.8, 4) is 0 Å². The summed E-state index contributed by atoms with van der Waals surface area (Å²) in [5.41, 5.74) is 6.53. The van der Waals surface area contributed by atoms with Gasteiger partial charge in [-0.05, 0) is 37.3 Å². The Labute approximate surface area is 89.6 Å². The molecule has 1 aromatic carbocycles. The molecule has 0 saturated carbocycles. The molecule has 0 heterocycles. The molecule has 0 atom stereocenters. The van der Waals surface area contributed by atoms with E-state index in [4.69, 9.17) is 5.73 Å². The predicted molar refractivity (Wildman–Crippen MR) is 61.9 cm³/mol. The van der Waals surface area contributed by atoms with Crippen molar-refractivity contribution < 1.29 is 9.18 Å². The van der Waals surface area contributed by atoms with Crippen LogP contribution in [0.15, 0.2) is 24.3 Å². The number of benzene rings is 1. The molecule has 0 spiro atoms. The van der Waals surface area contributed by atoms with Crippen molar-refractivity contribution in [3.63, 3.8) is 0 Å². The number of nitrogens with two attached hydrogens (primary N) is 1. The lowest BCUT2D eigenvalue weighted by Crippen LogP contribution is -1.90. The standard InChI is InChI=1S/C10H10FNO.C2H6/c1-7(13)2-3-8-6-9(11)4-5-10(8)12;1-2/h2-6H,12H2,1H3;1-2H3/b3-2+;. The average molecular weight is 209 g/mol. The molecular formula is C12H16FNO. The molecule has 0 fully saturated rings. The van der Waals surface area contributed by atoms with E-state index in [9.17, 15) is 9.18 Å². The van der Waals surface area contributed by atoms with Gasteiger partial charge in [0.1, 0.15) is 5.82 Å². The van der Waals surface area contributed by atoms with Gasteiger partial charge in [-0.15, -0.1) is 0 Å². The fourth-order valence-corrected chi connectivity index (χ4v) is 0.897. The number of carbonyl (C=O) groups is 1. The maximum atomic E-state index is 12.7. The molecule has 82 valence electrons. The van der Waals surface area contributed by atoms with Gasteiger partial charge >= 0.3 is 0 Å². The summed E-state index contributed by atoms with van der Waals surface area (Å²) in [5.74, 6) is -0.457. The van der Waals surface area contributed by atoms with Crippen LogP contribution < -0.4 is 5.73 Å². The highest BCUT2D eigenvalue weighted by atomic mass is 19.1. The first kappa shape index (κ1) is 13.4. The normalized spacial score (nSPS) is 9.60. The predicted octanol–water partition coefficient (Wildman–Crippen LogP) is 3.04.